The molecule has 0 fully saturated rings. The van der Waals surface area contributed by atoms with Crippen molar-refractivity contribution in [3.8, 4) is 44.5 Å². The molecule has 0 bridgehead atoms. The first-order chi connectivity index (χ1) is 25.6. The molecule has 0 saturated heterocycles. The predicted molar refractivity (Wildman–Crippen MR) is 220 cm³/mol. The fraction of sp³-hybridized carbons (Fsp3) is 0.0588. The lowest BCUT2D eigenvalue weighted by molar-refractivity contribution is 0.660. The molecule has 9 aromatic carbocycles. The number of benzene rings is 9. The van der Waals surface area contributed by atoms with E-state index in [2.05, 4.69) is 184 Å². The van der Waals surface area contributed by atoms with Crippen molar-refractivity contribution in [3.63, 3.8) is 0 Å². The van der Waals surface area contributed by atoms with Crippen molar-refractivity contribution in [1.82, 2.24) is 0 Å². The van der Waals surface area contributed by atoms with Gasteiger partial charge in [0.25, 0.3) is 0 Å². The predicted octanol–water partition coefficient (Wildman–Crippen LogP) is 14.4. The summed E-state index contributed by atoms with van der Waals surface area (Å²) in [5, 5.41) is 9.99. The van der Waals surface area contributed by atoms with Gasteiger partial charge in [-0.2, -0.15) is 0 Å². The van der Waals surface area contributed by atoms with Crippen LogP contribution in [0, 0.1) is 0 Å². The Hall–Kier alpha value is -6.44. The SMILES string of the molecule is CC1(C)c2c(ccc3ccccc23)-c2ccc3oc4cc(-c5c6ccccc6c(-c6ccc(-c7ccccc7)cc6)c6ccccc56)ccc4c3c21. The molecule has 0 spiro atoms. The van der Waals surface area contributed by atoms with Gasteiger partial charge in [-0.3, -0.25) is 0 Å². The highest BCUT2D eigenvalue weighted by Gasteiger charge is 2.39. The molecule has 52 heavy (non-hydrogen) atoms. The Bertz CT molecular complexity index is 3010. The van der Waals surface area contributed by atoms with E-state index in [1.165, 1.54) is 93.2 Å². The lowest BCUT2D eigenvalue weighted by Gasteiger charge is -2.24. The Morgan fingerprint density at radius 1 is 0.365 bits per heavy atom. The van der Waals surface area contributed by atoms with Gasteiger partial charge in [-0.15, -0.1) is 0 Å². The molecular formula is C51H34O. The van der Waals surface area contributed by atoms with Crippen molar-refractivity contribution in [2.24, 2.45) is 0 Å². The highest BCUT2D eigenvalue weighted by atomic mass is 16.3. The summed E-state index contributed by atoms with van der Waals surface area (Å²) in [4.78, 5) is 0. The Morgan fingerprint density at radius 3 is 1.58 bits per heavy atom. The quantitative estimate of drug-likeness (QED) is 0.172. The Morgan fingerprint density at radius 2 is 0.885 bits per heavy atom. The first-order valence-electron chi connectivity index (χ1n) is 18.2. The van der Waals surface area contributed by atoms with Gasteiger partial charge in [0, 0.05) is 16.2 Å². The van der Waals surface area contributed by atoms with Crippen LogP contribution in [0.2, 0.25) is 0 Å². The summed E-state index contributed by atoms with van der Waals surface area (Å²) in [6.07, 6.45) is 0. The summed E-state index contributed by atoms with van der Waals surface area (Å²) < 4.78 is 6.78. The zero-order valence-electron chi connectivity index (χ0n) is 29.1. The maximum absolute atomic E-state index is 6.78. The van der Waals surface area contributed by atoms with Crippen molar-refractivity contribution in [3.05, 3.63) is 181 Å². The third-order valence-corrected chi connectivity index (χ3v) is 11.6. The number of rotatable bonds is 3. The fourth-order valence-corrected chi connectivity index (χ4v) is 9.40. The minimum atomic E-state index is -0.179. The van der Waals surface area contributed by atoms with E-state index in [1.54, 1.807) is 0 Å². The lowest BCUT2D eigenvalue weighted by atomic mass is 9.78. The molecular weight excluding hydrogens is 629 g/mol. The summed E-state index contributed by atoms with van der Waals surface area (Å²) >= 11 is 0. The highest BCUT2D eigenvalue weighted by Crippen LogP contribution is 2.55. The lowest BCUT2D eigenvalue weighted by Crippen LogP contribution is -2.16. The average molecular weight is 663 g/mol. The summed E-state index contributed by atoms with van der Waals surface area (Å²) in [5.41, 5.74) is 14.4. The fourth-order valence-electron chi connectivity index (χ4n) is 9.40. The first kappa shape index (κ1) is 29.3. The van der Waals surface area contributed by atoms with Crippen LogP contribution in [0.1, 0.15) is 25.0 Å². The maximum Gasteiger partial charge on any atom is 0.136 e. The molecule has 1 aliphatic rings. The summed E-state index contributed by atoms with van der Waals surface area (Å²) in [5.74, 6) is 0. The summed E-state index contributed by atoms with van der Waals surface area (Å²) in [6, 6.07) is 62.1. The van der Waals surface area contributed by atoms with Gasteiger partial charge in [0.2, 0.25) is 0 Å². The normalized spacial score (nSPS) is 13.3. The second-order valence-electron chi connectivity index (χ2n) is 14.8. The molecule has 0 radical (unpaired) electrons. The van der Waals surface area contributed by atoms with E-state index in [4.69, 9.17) is 4.42 Å². The van der Waals surface area contributed by atoms with Gasteiger partial charge >= 0.3 is 0 Å². The third-order valence-electron chi connectivity index (χ3n) is 11.6. The molecule has 0 atom stereocenters. The zero-order valence-corrected chi connectivity index (χ0v) is 29.1. The van der Waals surface area contributed by atoms with E-state index in [0.29, 0.717) is 0 Å². The average Bonchev–Trinajstić information content (AvgIpc) is 3.68. The Balaban J connectivity index is 1.11. The number of hydrogen-bond acceptors (Lipinski definition) is 1. The number of fused-ring (bicyclic) bond motifs is 11. The van der Waals surface area contributed by atoms with Crippen LogP contribution in [0.5, 0.6) is 0 Å². The highest BCUT2D eigenvalue weighted by molar-refractivity contribution is 6.22. The van der Waals surface area contributed by atoms with Crippen molar-refractivity contribution >= 4 is 54.3 Å². The molecule has 10 aromatic rings. The molecule has 0 amide bonds. The van der Waals surface area contributed by atoms with Crippen molar-refractivity contribution in [2.45, 2.75) is 19.3 Å². The summed E-state index contributed by atoms with van der Waals surface area (Å²) in [6.45, 7) is 4.76. The van der Waals surface area contributed by atoms with Gasteiger partial charge in [0.15, 0.2) is 0 Å². The molecule has 1 heteroatoms. The standard InChI is InChI=1S/C51H34O/c1-51(2)49-36-15-7-6-14-33(36)24-26-41(49)42-28-29-44-48(50(42)51)43-27-25-35(30-45(43)52-44)47-39-18-10-8-16-37(39)46(38-17-9-11-19-40(38)47)34-22-20-32(21-23-34)31-12-4-3-5-13-31/h3-30H,1-2H3. The van der Waals surface area contributed by atoms with Gasteiger partial charge in [-0.05, 0) is 106 Å². The van der Waals surface area contributed by atoms with Crippen molar-refractivity contribution < 1.29 is 4.42 Å². The maximum atomic E-state index is 6.78. The molecule has 0 aliphatic heterocycles. The van der Waals surface area contributed by atoms with E-state index < -0.39 is 0 Å². The number of hydrogen-bond donors (Lipinski definition) is 0. The molecule has 244 valence electrons. The smallest absolute Gasteiger partial charge is 0.136 e. The molecule has 0 saturated carbocycles. The van der Waals surface area contributed by atoms with Crippen molar-refractivity contribution in [1.29, 1.82) is 0 Å². The van der Waals surface area contributed by atoms with Gasteiger partial charge < -0.3 is 4.42 Å². The van der Waals surface area contributed by atoms with Crippen LogP contribution in [0.15, 0.2) is 174 Å². The molecule has 1 aliphatic carbocycles. The number of furan rings is 1. The third kappa shape index (κ3) is 4.05. The molecule has 1 aromatic heterocycles. The first-order valence-corrected chi connectivity index (χ1v) is 18.2. The molecule has 0 unspecified atom stereocenters. The molecule has 11 rings (SSSR count). The van der Waals surface area contributed by atoms with Crippen LogP contribution < -0.4 is 0 Å². The molecule has 1 heterocycles. The van der Waals surface area contributed by atoms with Gasteiger partial charge in [-0.25, -0.2) is 0 Å². The second kappa shape index (κ2) is 10.8. The Kier molecular flexibility index (Phi) is 6.08. The molecule has 1 nitrogen and oxygen atoms in total. The van der Waals surface area contributed by atoms with Crippen LogP contribution >= 0.6 is 0 Å². The van der Waals surface area contributed by atoms with Gasteiger partial charge in [0.05, 0.1) is 0 Å². The van der Waals surface area contributed by atoms with Crippen molar-refractivity contribution in [2.75, 3.05) is 0 Å². The topological polar surface area (TPSA) is 13.1 Å². The zero-order chi connectivity index (χ0) is 34.6. The van der Waals surface area contributed by atoms with Gasteiger partial charge in [-0.1, -0.05) is 166 Å². The van der Waals surface area contributed by atoms with E-state index in [-0.39, 0.29) is 5.41 Å². The van der Waals surface area contributed by atoms with E-state index in [9.17, 15) is 0 Å². The van der Waals surface area contributed by atoms with Gasteiger partial charge in [0.1, 0.15) is 11.2 Å². The van der Waals surface area contributed by atoms with Crippen LogP contribution in [-0.4, -0.2) is 0 Å². The second-order valence-corrected chi connectivity index (χ2v) is 14.8. The van der Waals surface area contributed by atoms with Crippen LogP contribution in [0.3, 0.4) is 0 Å². The Labute approximate surface area is 302 Å². The minimum absolute atomic E-state index is 0.179. The summed E-state index contributed by atoms with van der Waals surface area (Å²) in [7, 11) is 0. The molecule has 0 N–H and O–H groups in total. The van der Waals surface area contributed by atoms with Crippen LogP contribution in [0.4, 0.5) is 0 Å². The van der Waals surface area contributed by atoms with E-state index >= 15 is 0 Å². The monoisotopic (exact) mass is 662 g/mol. The van der Waals surface area contributed by atoms with E-state index in [0.717, 1.165) is 16.7 Å². The van der Waals surface area contributed by atoms with E-state index in [1.807, 2.05) is 0 Å². The van der Waals surface area contributed by atoms with Crippen LogP contribution in [-0.2, 0) is 5.41 Å². The minimum Gasteiger partial charge on any atom is -0.456 e. The van der Waals surface area contributed by atoms with Crippen LogP contribution in [0.25, 0.3) is 98.8 Å². The largest absolute Gasteiger partial charge is 0.456 e.